The second-order valence-electron chi connectivity index (χ2n) is 13.4. The van der Waals surface area contributed by atoms with Crippen LogP contribution in [0.15, 0.2) is 108 Å². The Morgan fingerprint density at radius 3 is 2.23 bits per heavy atom. The van der Waals surface area contributed by atoms with E-state index >= 15 is 0 Å². The van der Waals surface area contributed by atoms with Crippen LogP contribution >= 0.6 is 11.9 Å². The summed E-state index contributed by atoms with van der Waals surface area (Å²) in [6, 6.07) is 20.7. The van der Waals surface area contributed by atoms with Gasteiger partial charge in [0.1, 0.15) is 35.3 Å². The van der Waals surface area contributed by atoms with Crippen LogP contribution < -0.4 is 20.5 Å². The lowest BCUT2D eigenvalue weighted by atomic mass is 9.77. The third-order valence-electron chi connectivity index (χ3n) is 8.74. The molecule has 0 fully saturated rings. The van der Waals surface area contributed by atoms with Gasteiger partial charge in [0.05, 0.1) is 22.8 Å². The highest BCUT2D eigenvalue weighted by atomic mass is 32.2. The van der Waals surface area contributed by atoms with Gasteiger partial charge in [-0.25, -0.2) is 9.79 Å². The predicted molar refractivity (Wildman–Crippen MR) is 200 cm³/mol. The summed E-state index contributed by atoms with van der Waals surface area (Å²) in [6.07, 6.45) is 7.51. The number of nitrogens with zero attached hydrogens (tertiary/aromatic N) is 1. The molecule has 1 amide bonds. The molecule has 266 valence electrons. The van der Waals surface area contributed by atoms with E-state index < -0.39 is 29.6 Å². The number of benzene rings is 4. The van der Waals surface area contributed by atoms with E-state index in [0.717, 1.165) is 5.56 Å². The first-order valence-electron chi connectivity index (χ1n) is 16.5. The zero-order chi connectivity index (χ0) is 37.0. The maximum atomic E-state index is 13.3. The number of amides is 1. The molecule has 0 saturated carbocycles. The first kappa shape index (κ1) is 36.0. The minimum Gasteiger partial charge on any atom is -0.508 e. The zero-order valence-electron chi connectivity index (χ0n) is 28.7. The van der Waals surface area contributed by atoms with E-state index in [1.54, 1.807) is 54.2 Å². The van der Waals surface area contributed by atoms with E-state index in [1.807, 2.05) is 24.3 Å². The Labute approximate surface area is 305 Å². The molecule has 0 aliphatic carbocycles. The van der Waals surface area contributed by atoms with Crippen LogP contribution in [0.4, 0.5) is 5.69 Å². The fraction of sp³-hybridized carbons (Fsp3) is 0.200. The van der Waals surface area contributed by atoms with Crippen molar-refractivity contribution in [3.63, 3.8) is 0 Å². The number of aldehydes is 1. The molecule has 11 nitrogen and oxygen atoms in total. The van der Waals surface area contributed by atoms with Gasteiger partial charge in [-0.1, -0.05) is 63.3 Å². The lowest BCUT2D eigenvalue weighted by Gasteiger charge is -2.36. The number of carbonyl (C=O) groups is 3. The van der Waals surface area contributed by atoms with Crippen molar-refractivity contribution in [3.8, 4) is 23.0 Å². The van der Waals surface area contributed by atoms with E-state index in [2.05, 4.69) is 35.8 Å². The number of hydrogen-bond donors (Lipinski definition) is 5. The Morgan fingerprint density at radius 1 is 0.942 bits per heavy atom. The average Bonchev–Trinajstić information content (AvgIpc) is 3.39. The maximum Gasteiger partial charge on any atom is 0.340 e. The normalized spacial score (nSPS) is 15.5. The van der Waals surface area contributed by atoms with Crippen molar-refractivity contribution in [2.75, 3.05) is 0 Å². The van der Waals surface area contributed by atoms with E-state index in [0.29, 0.717) is 52.1 Å². The topological polar surface area (TPSA) is 173 Å². The number of fused-ring (bicyclic) bond motifs is 6. The number of nitrogens with two attached hydrogens (primary N) is 1. The Balaban J connectivity index is 1.03. The van der Waals surface area contributed by atoms with Crippen LogP contribution in [0.3, 0.4) is 0 Å². The largest absolute Gasteiger partial charge is 0.508 e. The summed E-state index contributed by atoms with van der Waals surface area (Å²) in [6.45, 7) is 6.40. The average molecular weight is 719 g/mol. The number of phenolic OH excluding ortho intramolecular Hbond substituents is 2. The summed E-state index contributed by atoms with van der Waals surface area (Å²) in [5.74, 6) is -0.447. The van der Waals surface area contributed by atoms with Gasteiger partial charge in [-0.05, 0) is 77.4 Å². The van der Waals surface area contributed by atoms with Crippen molar-refractivity contribution in [3.05, 3.63) is 137 Å². The number of ether oxygens (including phenoxy) is 2. The number of carbonyl (C=O) groups excluding carboxylic acids is 3. The van der Waals surface area contributed by atoms with Crippen molar-refractivity contribution in [1.82, 2.24) is 10.0 Å². The van der Waals surface area contributed by atoms with Crippen molar-refractivity contribution < 1.29 is 34.1 Å². The van der Waals surface area contributed by atoms with Gasteiger partial charge in [0.25, 0.3) is 0 Å². The molecule has 0 saturated heterocycles. The molecule has 1 unspecified atom stereocenters. The third kappa shape index (κ3) is 7.43. The lowest BCUT2D eigenvalue weighted by molar-refractivity contribution is -0.124. The first-order valence-corrected chi connectivity index (χ1v) is 17.4. The second kappa shape index (κ2) is 14.8. The minimum atomic E-state index is -1.34. The van der Waals surface area contributed by atoms with Crippen LogP contribution in [0, 0.1) is 0 Å². The molecule has 4 aromatic rings. The van der Waals surface area contributed by atoms with Gasteiger partial charge >= 0.3 is 5.97 Å². The molecule has 1 spiro atoms. The van der Waals surface area contributed by atoms with Crippen molar-refractivity contribution in [2.45, 2.75) is 50.3 Å². The van der Waals surface area contributed by atoms with Gasteiger partial charge in [-0.2, -0.15) is 0 Å². The molecule has 2 atom stereocenters. The van der Waals surface area contributed by atoms with Crippen LogP contribution in [0.5, 0.6) is 23.0 Å². The number of rotatable bonds is 11. The fourth-order valence-corrected chi connectivity index (χ4v) is 6.50. The van der Waals surface area contributed by atoms with Gasteiger partial charge in [0.15, 0.2) is 5.60 Å². The number of hydrogen-bond acceptors (Lipinski definition) is 11. The molecule has 6 rings (SSSR count). The molecule has 0 aromatic heterocycles. The SMILES string of the molecule is CC(C)(C)c1ccc(C[C@@H](C=O)NC(=O)C(N)/C=C/C=C/NSC=Nc2ccc3c(c2)C(=O)OC32c3ccc(O)cc3Oc3cc(O)ccc32)cc1. The number of nitrogens with one attached hydrogen (secondary N) is 2. The molecule has 2 aliphatic heterocycles. The monoisotopic (exact) mass is 718 g/mol. The van der Waals surface area contributed by atoms with E-state index in [9.17, 15) is 24.6 Å². The molecule has 12 heteroatoms. The molecule has 0 radical (unpaired) electrons. The smallest absolute Gasteiger partial charge is 0.340 e. The summed E-state index contributed by atoms with van der Waals surface area (Å²) in [4.78, 5) is 42.0. The van der Waals surface area contributed by atoms with Crippen molar-refractivity contribution in [1.29, 1.82) is 0 Å². The molecule has 0 bridgehead atoms. The molecule has 52 heavy (non-hydrogen) atoms. The summed E-state index contributed by atoms with van der Waals surface area (Å²) in [5.41, 5.74) is 10.9. The minimum absolute atomic E-state index is 0.0200. The van der Waals surface area contributed by atoms with Crippen LogP contribution in [-0.4, -0.2) is 46.0 Å². The number of phenols is 2. The summed E-state index contributed by atoms with van der Waals surface area (Å²) in [7, 11) is 0. The summed E-state index contributed by atoms with van der Waals surface area (Å²) in [5, 5.41) is 22.9. The molecule has 6 N–H and O–H groups in total. The number of esters is 1. The van der Waals surface area contributed by atoms with Gasteiger partial charge in [-0.15, -0.1) is 0 Å². The zero-order valence-corrected chi connectivity index (χ0v) is 29.5. The second-order valence-corrected chi connectivity index (χ2v) is 14.1. The summed E-state index contributed by atoms with van der Waals surface area (Å²) < 4.78 is 15.1. The Hall–Kier alpha value is -5.85. The third-order valence-corrected chi connectivity index (χ3v) is 9.23. The van der Waals surface area contributed by atoms with Crippen LogP contribution in [0.25, 0.3) is 0 Å². The first-order chi connectivity index (χ1) is 24.9. The van der Waals surface area contributed by atoms with Crippen molar-refractivity contribution in [2.24, 2.45) is 10.7 Å². The van der Waals surface area contributed by atoms with Gasteiger partial charge in [-0.3, -0.25) is 4.79 Å². The quantitative estimate of drug-likeness (QED) is 0.0229. The predicted octanol–water partition coefficient (Wildman–Crippen LogP) is 6.18. The van der Waals surface area contributed by atoms with Gasteiger partial charge in [0, 0.05) is 35.0 Å². The number of allylic oxidation sites excluding steroid dienone is 2. The van der Waals surface area contributed by atoms with E-state index in [1.165, 1.54) is 47.9 Å². The van der Waals surface area contributed by atoms with Crippen LogP contribution in [0.2, 0.25) is 0 Å². The Bertz CT molecular complexity index is 2050. The van der Waals surface area contributed by atoms with Gasteiger partial charge in [0.2, 0.25) is 5.91 Å². The van der Waals surface area contributed by atoms with Crippen LogP contribution in [0.1, 0.15) is 58.9 Å². The molecular weight excluding hydrogens is 681 g/mol. The summed E-state index contributed by atoms with van der Waals surface area (Å²) >= 11 is 1.18. The Morgan fingerprint density at radius 2 is 1.60 bits per heavy atom. The van der Waals surface area contributed by atoms with Gasteiger partial charge < -0.3 is 40.3 Å². The molecular formula is C40H38N4O7S. The highest BCUT2D eigenvalue weighted by Gasteiger charge is 2.53. The maximum absolute atomic E-state index is 13.3. The number of aliphatic imine (C=N–C) groups is 1. The highest BCUT2D eigenvalue weighted by molar-refractivity contribution is 8.10. The Kier molecular flexibility index (Phi) is 10.2. The van der Waals surface area contributed by atoms with E-state index in [4.69, 9.17) is 15.2 Å². The standard InChI is InChI=1S/C40H38N4O7S/c1-39(2,3)25-9-7-24(8-10-25)18-27(22-45)44-37(48)34(41)6-4-5-17-43-52-23-42-26-11-14-31-30(19-26)38(49)51-40(31)32-15-12-28(46)20-35(32)50-36-21-29(47)13-16-33(36)40/h4-17,19-23,27,34,43,46-47H,18,41H2,1-3H3,(H,44,48)/b6-4+,17-5+,42-23?/t27-,34?/m0/s1. The number of aromatic hydroxyl groups is 2. The highest BCUT2D eigenvalue weighted by Crippen LogP contribution is 2.57. The fourth-order valence-electron chi connectivity index (χ4n) is 6.10. The van der Waals surface area contributed by atoms with Crippen LogP contribution in [-0.2, 0) is 31.8 Å². The van der Waals surface area contributed by atoms with E-state index in [-0.39, 0.29) is 16.9 Å². The molecule has 2 aliphatic rings. The lowest BCUT2D eigenvalue weighted by Crippen LogP contribution is -2.46. The van der Waals surface area contributed by atoms with Crippen molar-refractivity contribution >= 4 is 41.3 Å². The molecule has 2 heterocycles. The molecule has 4 aromatic carbocycles.